The summed E-state index contributed by atoms with van der Waals surface area (Å²) in [5, 5.41) is 0. The molecule has 0 aromatic carbocycles. The maximum atomic E-state index is 11.2. The van der Waals surface area contributed by atoms with Gasteiger partial charge in [0.05, 0.1) is 6.33 Å². The van der Waals surface area contributed by atoms with Crippen LogP contribution in [0.4, 0.5) is 11.9 Å². The van der Waals surface area contributed by atoms with Crippen molar-refractivity contribution in [3.63, 3.8) is 0 Å². The predicted octanol–water partition coefficient (Wildman–Crippen LogP) is -0.372. The van der Waals surface area contributed by atoms with Gasteiger partial charge in [-0.25, -0.2) is 4.98 Å². The predicted molar refractivity (Wildman–Crippen MR) is 88.8 cm³/mol. The molecule has 0 spiro atoms. The van der Waals surface area contributed by atoms with E-state index >= 15 is 0 Å². The second-order valence-electron chi connectivity index (χ2n) is 4.21. The molecular formula is C13H20N8O2. The third kappa shape index (κ3) is 4.40. The maximum Gasteiger partial charge on any atom is 0.280 e. The van der Waals surface area contributed by atoms with E-state index in [-0.39, 0.29) is 23.0 Å². The summed E-state index contributed by atoms with van der Waals surface area (Å²) in [5.74, 6) is 0.346. The van der Waals surface area contributed by atoms with E-state index in [0.717, 1.165) is 0 Å². The zero-order chi connectivity index (χ0) is 17.6. The molecule has 10 nitrogen and oxygen atoms in total. The van der Waals surface area contributed by atoms with Crippen LogP contribution in [-0.2, 0) is 14.1 Å². The Morgan fingerprint density at radius 1 is 1.09 bits per heavy atom. The van der Waals surface area contributed by atoms with Gasteiger partial charge in [0.25, 0.3) is 11.1 Å². The van der Waals surface area contributed by atoms with E-state index in [0.29, 0.717) is 11.2 Å². The second kappa shape index (κ2) is 7.73. The maximum absolute atomic E-state index is 11.2. The fourth-order valence-electron chi connectivity index (χ4n) is 1.51. The van der Waals surface area contributed by atoms with Crippen LogP contribution < -0.4 is 22.6 Å². The molecule has 0 fully saturated rings. The smallest absolute Gasteiger partial charge is 0.280 e. The van der Waals surface area contributed by atoms with Crippen molar-refractivity contribution in [3.05, 3.63) is 39.3 Å². The van der Waals surface area contributed by atoms with Crippen molar-refractivity contribution in [2.75, 3.05) is 11.5 Å². The molecule has 0 bridgehead atoms. The Bertz CT molecular complexity index is 893. The van der Waals surface area contributed by atoms with Crippen molar-refractivity contribution < 1.29 is 0 Å². The van der Waals surface area contributed by atoms with Gasteiger partial charge in [-0.05, 0) is 0 Å². The lowest BCUT2D eigenvalue weighted by Crippen LogP contribution is -2.12. The van der Waals surface area contributed by atoms with E-state index in [2.05, 4.69) is 19.9 Å². The number of nitrogens with zero attached hydrogens (tertiary/aromatic N) is 5. The zero-order valence-electron chi connectivity index (χ0n) is 13.4. The van der Waals surface area contributed by atoms with E-state index in [1.807, 2.05) is 13.8 Å². The van der Waals surface area contributed by atoms with Crippen molar-refractivity contribution in [3.8, 4) is 0 Å². The number of rotatable bonds is 0. The summed E-state index contributed by atoms with van der Waals surface area (Å²) in [6, 6.07) is 1.36. The number of nitrogen functional groups attached to an aromatic ring is 2. The lowest BCUT2D eigenvalue weighted by molar-refractivity contribution is 0.873. The molecule has 0 aliphatic carbocycles. The molecule has 3 aromatic heterocycles. The van der Waals surface area contributed by atoms with Gasteiger partial charge < -0.3 is 20.6 Å². The number of aromatic nitrogens is 6. The van der Waals surface area contributed by atoms with Crippen molar-refractivity contribution >= 4 is 23.1 Å². The lowest BCUT2D eigenvalue weighted by Gasteiger charge is -1.97. The monoisotopic (exact) mass is 320 g/mol. The lowest BCUT2D eigenvalue weighted by atomic mass is 10.5. The molecule has 0 radical (unpaired) electrons. The molecule has 0 saturated heterocycles. The third-order valence-corrected chi connectivity index (χ3v) is 2.62. The van der Waals surface area contributed by atoms with Crippen LogP contribution in [0.3, 0.4) is 0 Å². The first kappa shape index (κ1) is 17.9. The van der Waals surface area contributed by atoms with Gasteiger partial charge >= 0.3 is 0 Å². The highest BCUT2D eigenvalue weighted by Crippen LogP contribution is 2.02. The summed E-state index contributed by atoms with van der Waals surface area (Å²) in [4.78, 5) is 35.2. The average Bonchev–Trinajstić information content (AvgIpc) is 2.88. The molecule has 0 atom stereocenters. The van der Waals surface area contributed by atoms with Gasteiger partial charge in [-0.1, -0.05) is 13.8 Å². The standard InChI is InChI=1S/C6H7N5O.C5H7N3O.C2H6/c1-11-2-8-3-4(11)9-6(7)10-5(3)12;1-8-3-2-4(9)7-5(8)6;1-2/h2H,1H3,(H3,7,9,10,12);2-3H,1H3,(H2,6,7,9);1-2H3. The Morgan fingerprint density at radius 2 is 1.74 bits per heavy atom. The number of hydrogen-bond donors (Lipinski definition) is 3. The van der Waals surface area contributed by atoms with Crippen LogP contribution in [0.2, 0.25) is 0 Å². The number of anilines is 2. The Balaban J connectivity index is 0.000000215. The number of H-pyrrole nitrogens is 1. The Morgan fingerprint density at radius 3 is 2.30 bits per heavy atom. The highest BCUT2D eigenvalue weighted by molar-refractivity contribution is 5.70. The second-order valence-corrected chi connectivity index (χ2v) is 4.21. The van der Waals surface area contributed by atoms with Crippen LogP contribution >= 0.6 is 0 Å². The summed E-state index contributed by atoms with van der Waals surface area (Å²) >= 11 is 0. The highest BCUT2D eigenvalue weighted by atomic mass is 16.1. The molecule has 23 heavy (non-hydrogen) atoms. The fraction of sp³-hybridized carbons (Fsp3) is 0.308. The van der Waals surface area contributed by atoms with Crippen molar-refractivity contribution in [2.24, 2.45) is 14.1 Å². The first-order valence-electron chi connectivity index (χ1n) is 6.84. The molecule has 0 aliphatic rings. The van der Waals surface area contributed by atoms with E-state index in [1.165, 1.54) is 12.4 Å². The molecule has 3 heterocycles. The van der Waals surface area contributed by atoms with E-state index in [9.17, 15) is 9.59 Å². The molecule has 10 heteroatoms. The Hall–Kier alpha value is -3.17. The zero-order valence-corrected chi connectivity index (χ0v) is 13.4. The molecular weight excluding hydrogens is 300 g/mol. The van der Waals surface area contributed by atoms with Gasteiger partial charge in [-0.3, -0.25) is 14.6 Å². The molecule has 3 aromatic rings. The third-order valence-electron chi connectivity index (χ3n) is 2.62. The summed E-state index contributed by atoms with van der Waals surface area (Å²) in [5.41, 5.74) is 10.8. The minimum absolute atomic E-state index is 0.108. The Labute approximate surface area is 131 Å². The summed E-state index contributed by atoms with van der Waals surface area (Å²) in [7, 11) is 3.48. The SMILES string of the molecule is CC.Cn1ccc(=O)nc1N.Cn1cnc2c(=O)[nH]c(N)nc21. The Kier molecular flexibility index (Phi) is 6.01. The van der Waals surface area contributed by atoms with Crippen LogP contribution in [0.15, 0.2) is 28.2 Å². The number of nitrogens with two attached hydrogens (primary N) is 2. The minimum Gasteiger partial charge on any atom is -0.369 e. The minimum atomic E-state index is -0.307. The normalized spacial score (nSPS) is 9.57. The molecule has 3 rings (SSSR count). The number of imidazole rings is 1. The molecule has 0 unspecified atom stereocenters. The summed E-state index contributed by atoms with van der Waals surface area (Å²) < 4.78 is 3.21. The van der Waals surface area contributed by atoms with Crippen LogP contribution in [0.5, 0.6) is 0 Å². The average molecular weight is 320 g/mol. The number of hydrogen-bond acceptors (Lipinski definition) is 7. The van der Waals surface area contributed by atoms with Crippen LogP contribution in [0.1, 0.15) is 13.8 Å². The van der Waals surface area contributed by atoms with Gasteiger partial charge in [-0.2, -0.15) is 9.97 Å². The molecule has 0 amide bonds. The van der Waals surface area contributed by atoms with Crippen molar-refractivity contribution in [1.29, 1.82) is 0 Å². The molecule has 0 aliphatic heterocycles. The molecule has 124 valence electrons. The van der Waals surface area contributed by atoms with E-state index in [1.54, 1.807) is 29.4 Å². The first-order chi connectivity index (χ1) is 10.9. The summed E-state index contributed by atoms with van der Waals surface area (Å²) in [6.07, 6.45) is 3.09. The number of aromatic amines is 1. The van der Waals surface area contributed by atoms with Gasteiger partial charge in [0.15, 0.2) is 11.2 Å². The number of nitrogens with one attached hydrogen (secondary N) is 1. The molecule has 0 saturated carbocycles. The van der Waals surface area contributed by atoms with Crippen LogP contribution in [0.25, 0.3) is 11.2 Å². The first-order valence-corrected chi connectivity index (χ1v) is 6.84. The van der Waals surface area contributed by atoms with Crippen molar-refractivity contribution in [2.45, 2.75) is 13.8 Å². The van der Waals surface area contributed by atoms with Crippen molar-refractivity contribution in [1.82, 2.24) is 29.1 Å². The van der Waals surface area contributed by atoms with E-state index < -0.39 is 0 Å². The van der Waals surface area contributed by atoms with Gasteiger partial charge in [0, 0.05) is 26.4 Å². The largest absolute Gasteiger partial charge is 0.369 e. The van der Waals surface area contributed by atoms with Gasteiger partial charge in [-0.15, -0.1) is 0 Å². The van der Waals surface area contributed by atoms with Crippen LogP contribution in [0, 0.1) is 0 Å². The summed E-state index contributed by atoms with van der Waals surface area (Å²) in [6.45, 7) is 4.00. The highest BCUT2D eigenvalue weighted by Gasteiger charge is 2.05. The number of aryl methyl sites for hydroxylation is 2. The van der Waals surface area contributed by atoms with Gasteiger partial charge in [0.1, 0.15) is 0 Å². The molecule has 5 N–H and O–H groups in total. The van der Waals surface area contributed by atoms with Gasteiger partial charge in [0.2, 0.25) is 11.9 Å². The van der Waals surface area contributed by atoms with Crippen LogP contribution in [-0.4, -0.2) is 29.1 Å². The fourth-order valence-corrected chi connectivity index (χ4v) is 1.51. The topological polar surface area (TPSA) is 150 Å². The number of fused-ring (bicyclic) bond motifs is 1. The van der Waals surface area contributed by atoms with E-state index in [4.69, 9.17) is 11.5 Å². The quantitative estimate of drug-likeness (QED) is 0.511.